The van der Waals surface area contributed by atoms with Gasteiger partial charge in [-0.3, -0.25) is 0 Å². The molecule has 9 heteroatoms. The molecule has 2 aromatic heterocycles. The normalized spacial score (nSPS) is 12.1. The number of nitrogens with one attached hydrogen (secondary N) is 1. The SMILES string of the molecule is CC(C)NS(=O)(=O)c1cnc(-c2c(C#N)c3cc(F)ccc3n2C(C)C)nc1. The van der Waals surface area contributed by atoms with Crippen molar-refractivity contribution < 1.29 is 12.8 Å². The fraction of sp³-hybridized carbons (Fsp3) is 0.316. The third-order valence-corrected chi connectivity index (χ3v) is 5.75. The second-order valence-electron chi connectivity index (χ2n) is 6.98. The van der Waals surface area contributed by atoms with Crippen molar-refractivity contribution in [2.75, 3.05) is 0 Å². The minimum absolute atomic E-state index is 0.0559. The van der Waals surface area contributed by atoms with Crippen molar-refractivity contribution in [3.63, 3.8) is 0 Å². The van der Waals surface area contributed by atoms with Gasteiger partial charge in [-0.25, -0.2) is 27.5 Å². The predicted octanol–water partition coefficient (Wildman–Crippen LogP) is 3.38. The number of aromatic nitrogens is 3. The zero-order chi connectivity index (χ0) is 20.6. The molecule has 0 unspecified atom stereocenters. The van der Waals surface area contributed by atoms with Crippen LogP contribution in [0, 0.1) is 17.1 Å². The first kappa shape index (κ1) is 19.9. The topological polar surface area (TPSA) is 101 Å². The zero-order valence-electron chi connectivity index (χ0n) is 15.9. The van der Waals surface area contributed by atoms with Crippen molar-refractivity contribution in [2.24, 2.45) is 0 Å². The van der Waals surface area contributed by atoms with Gasteiger partial charge in [-0.05, 0) is 45.9 Å². The van der Waals surface area contributed by atoms with Gasteiger partial charge < -0.3 is 4.57 Å². The number of rotatable bonds is 5. The number of nitrogens with zero attached hydrogens (tertiary/aromatic N) is 4. The Kier molecular flexibility index (Phi) is 5.19. The van der Waals surface area contributed by atoms with Gasteiger partial charge in [0.05, 0.1) is 23.5 Å². The molecule has 0 aliphatic rings. The van der Waals surface area contributed by atoms with Crippen LogP contribution in [0.25, 0.3) is 22.4 Å². The average molecular weight is 401 g/mol. The third kappa shape index (κ3) is 3.48. The van der Waals surface area contributed by atoms with Crippen molar-refractivity contribution >= 4 is 20.9 Å². The highest BCUT2D eigenvalue weighted by Crippen LogP contribution is 2.34. The van der Waals surface area contributed by atoms with Gasteiger partial charge in [-0.2, -0.15) is 5.26 Å². The van der Waals surface area contributed by atoms with Gasteiger partial charge in [0.15, 0.2) is 5.82 Å². The highest BCUT2D eigenvalue weighted by atomic mass is 32.2. The lowest BCUT2D eigenvalue weighted by atomic mass is 10.1. The molecule has 1 N–H and O–H groups in total. The standard InChI is InChI=1S/C19H20FN5O2S/c1-11(2)24-28(26,27)14-9-22-19(23-10-14)18-16(8-21)15-7-13(20)5-6-17(15)25(18)12(3)4/h5-7,9-12,24H,1-4H3. The van der Waals surface area contributed by atoms with E-state index < -0.39 is 15.8 Å². The first-order valence-electron chi connectivity index (χ1n) is 8.74. The number of nitriles is 1. The third-order valence-electron chi connectivity index (χ3n) is 4.13. The fourth-order valence-electron chi connectivity index (χ4n) is 3.11. The monoisotopic (exact) mass is 401 g/mol. The first-order chi connectivity index (χ1) is 13.2. The molecular formula is C19H20FN5O2S. The van der Waals surface area contributed by atoms with Crippen molar-refractivity contribution in [3.8, 4) is 17.6 Å². The van der Waals surface area contributed by atoms with Crippen molar-refractivity contribution in [3.05, 3.63) is 42.0 Å². The molecule has 0 radical (unpaired) electrons. The van der Waals surface area contributed by atoms with E-state index in [0.717, 1.165) is 0 Å². The molecule has 7 nitrogen and oxygen atoms in total. The zero-order valence-corrected chi connectivity index (χ0v) is 16.7. The number of hydrogen-bond acceptors (Lipinski definition) is 5. The van der Waals surface area contributed by atoms with Crippen LogP contribution in [0.5, 0.6) is 0 Å². The van der Waals surface area contributed by atoms with Crippen molar-refractivity contribution in [1.82, 2.24) is 19.3 Å². The Morgan fingerprint density at radius 3 is 2.36 bits per heavy atom. The molecular weight excluding hydrogens is 381 g/mol. The Morgan fingerprint density at radius 1 is 1.18 bits per heavy atom. The molecule has 1 aromatic carbocycles. The van der Waals surface area contributed by atoms with Crippen LogP contribution in [0.2, 0.25) is 0 Å². The van der Waals surface area contributed by atoms with Gasteiger partial charge in [0.1, 0.15) is 22.5 Å². The minimum Gasteiger partial charge on any atom is -0.334 e. The maximum absolute atomic E-state index is 13.8. The fourth-order valence-corrected chi connectivity index (χ4v) is 4.25. The summed E-state index contributed by atoms with van der Waals surface area (Å²) in [6.07, 6.45) is 2.41. The molecule has 3 aromatic rings. The van der Waals surface area contributed by atoms with Crippen LogP contribution < -0.4 is 4.72 Å². The van der Waals surface area contributed by atoms with Gasteiger partial charge in [0.25, 0.3) is 0 Å². The van der Waals surface area contributed by atoms with E-state index in [1.165, 1.54) is 24.5 Å². The second-order valence-corrected chi connectivity index (χ2v) is 8.69. The Bertz CT molecular complexity index is 1180. The van der Waals surface area contributed by atoms with Crippen LogP contribution in [-0.2, 0) is 10.0 Å². The molecule has 0 atom stereocenters. The summed E-state index contributed by atoms with van der Waals surface area (Å²) in [6.45, 7) is 7.29. The molecule has 0 bridgehead atoms. The number of halogens is 1. The summed E-state index contributed by atoms with van der Waals surface area (Å²) < 4.78 is 42.6. The summed E-state index contributed by atoms with van der Waals surface area (Å²) >= 11 is 0. The van der Waals surface area contributed by atoms with Gasteiger partial charge in [-0.1, -0.05) is 0 Å². The quantitative estimate of drug-likeness (QED) is 0.706. The van der Waals surface area contributed by atoms with Gasteiger partial charge in [-0.15, -0.1) is 0 Å². The number of sulfonamides is 1. The van der Waals surface area contributed by atoms with Crippen LogP contribution in [0.3, 0.4) is 0 Å². The van der Waals surface area contributed by atoms with E-state index in [0.29, 0.717) is 16.6 Å². The minimum atomic E-state index is -3.73. The number of hydrogen-bond donors (Lipinski definition) is 1. The van der Waals surface area contributed by atoms with Crippen molar-refractivity contribution in [1.29, 1.82) is 5.26 Å². The molecule has 0 saturated heterocycles. The van der Waals surface area contributed by atoms with Gasteiger partial charge in [0.2, 0.25) is 10.0 Å². The lowest BCUT2D eigenvalue weighted by Gasteiger charge is -2.14. The maximum Gasteiger partial charge on any atom is 0.243 e. The number of fused-ring (bicyclic) bond motifs is 1. The Morgan fingerprint density at radius 2 is 1.82 bits per heavy atom. The van der Waals surface area contributed by atoms with Crippen LogP contribution in [0.4, 0.5) is 4.39 Å². The van der Waals surface area contributed by atoms with Gasteiger partial charge >= 0.3 is 0 Å². The van der Waals surface area contributed by atoms with Crippen LogP contribution in [0.15, 0.2) is 35.5 Å². The summed E-state index contributed by atoms with van der Waals surface area (Å²) in [6, 6.07) is 6.04. The van der Waals surface area contributed by atoms with Crippen LogP contribution in [-0.4, -0.2) is 29.0 Å². The lowest BCUT2D eigenvalue weighted by molar-refractivity contribution is 0.569. The molecule has 0 amide bonds. The molecule has 28 heavy (non-hydrogen) atoms. The molecule has 3 rings (SSSR count). The van der Waals surface area contributed by atoms with E-state index in [4.69, 9.17) is 0 Å². The average Bonchev–Trinajstić information content (AvgIpc) is 2.94. The molecule has 0 fully saturated rings. The molecule has 0 aliphatic carbocycles. The van der Waals surface area contributed by atoms with E-state index in [1.807, 2.05) is 18.4 Å². The highest BCUT2D eigenvalue weighted by molar-refractivity contribution is 7.89. The molecule has 0 spiro atoms. The second kappa shape index (κ2) is 7.30. The van der Waals surface area contributed by atoms with Crippen LogP contribution >= 0.6 is 0 Å². The van der Waals surface area contributed by atoms with E-state index in [-0.39, 0.29) is 28.4 Å². The molecule has 0 aliphatic heterocycles. The lowest BCUT2D eigenvalue weighted by Crippen LogP contribution is -2.30. The van der Waals surface area contributed by atoms with E-state index in [9.17, 15) is 18.1 Å². The summed E-state index contributed by atoms with van der Waals surface area (Å²) in [4.78, 5) is 8.32. The highest BCUT2D eigenvalue weighted by Gasteiger charge is 2.24. The van der Waals surface area contributed by atoms with Crippen molar-refractivity contribution in [2.45, 2.75) is 44.7 Å². The van der Waals surface area contributed by atoms with E-state index in [2.05, 4.69) is 20.8 Å². The smallest absolute Gasteiger partial charge is 0.243 e. The first-order valence-corrected chi connectivity index (χ1v) is 10.2. The largest absolute Gasteiger partial charge is 0.334 e. The van der Waals surface area contributed by atoms with Crippen LogP contribution in [0.1, 0.15) is 39.3 Å². The Hall–Kier alpha value is -2.83. The van der Waals surface area contributed by atoms with E-state index in [1.54, 1.807) is 19.9 Å². The Balaban J connectivity index is 2.22. The Labute approximate surface area is 162 Å². The summed E-state index contributed by atoms with van der Waals surface area (Å²) in [5, 5.41) is 10.2. The summed E-state index contributed by atoms with van der Waals surface area (Å²) in [5.41, 5.74) is 1.36. The number of benzene rings is 1. The van der Waals surface area contributed by atoms with E-state index >= 15 is 0 Å². The molecule has 146 valence electrons. The summed E-state index contributed by atoms with van der Waals surface area (Å²) in [5.74, 6) is -0.246. The predicted molar refractivity (Wildman–Crippen MR) is 103 cm³/mol. The molecule has 0 saturated carbocycles. The summed E-state index contributed by atoms with van der Waals surface area (Å²) in [7, 11) is -3.73. The maximum atomic E-state index is 13.8. The van der Waals surface area contributed by atoms with Gasteiger partial charge in [0, 0.05) is 17.5 Å². The molecule has 2 heterocycles.